The van der Waals surface area contributed by atoms with Crippen LogP contribution in [-0.2, 0) is 22.5 Å². The van der Waals surface area contributed by atoms with Crippen molar-refractivity contribution < 1.29 is 19.4 Å². The van der Waals surface area contributed by atoms with Gasteiger partial charge in [-0.2, -0.15) is 0 Å². The topological polar surface area (TPSA) is 60.7 Å². The summed E-state index contributed by atoms with van der Waals surface area (Å²) in [5.41, 5.74) is 3.45. The van der Waals surface area contributed by atoms with Crippen molar-refractivity contribution >= 4 is 16.9 Å². The van der Waals surface area contributed by atoms with E-state index < -0.39 is 5.97 Å². The molecule has 1 saturated carbocycles. The van der Waals surface area contributed by atoms with Crippen LogP contribution in [0.25, 0.3) is 10.9 Å². The van der Waals surface area contributed by atoms with Crippen LogP contribution in [0.2, 0.25) is 0 Å². The smallest absolute Gasteiger partial charge is 0.341 e. The summed E-state index contributed by atoms with van der Waals surface area (Å²) < 4.78 is 13.1. The molecule has 1 heterocycles. The molecule has 0 aliphatic heterocycles. The lowest BCUT2D eigenvalue weighted by molar-refractivity contribution is -0.139. The number of rotatable bonds is 10. The zero-order chi connectivity index (χ0) is 19.2. The van der Waals surface area contributed by atoms with Crippen molar-refractivity contribution in [3.8, 4) is 5.75 Å². The second-order valence-electron chi connectivity index (χ2n) is 7.67. The Morgan fingerprint density at radius 1 is 1.26 bits per heavy atom. The first-order valence-corrected chi connectivity index (χ1v) is 10.0. The van der Waals surface area contributed by atoms with Crippen LogP contribution in [0.5, 0.6) is 5.75 Å². The molecule has 1 aromatic heterocycles. The van der Waals surface area contributed by atoms with Gasteiger partial charge in [0.1, 0.15) is 5.75 Å². The highest BCUT2D eigenvalue weighted by atomic mass is 16.5. The molecular formula is C22H31NO4. The average Bonchev–Trinajstić information content (AvgIpc) is 3.25. The van der Waals surface area contributed by atoms with Crippen LogP contribution in [0.1, 0.15) is 49.8 Å². The summed E-state index contributed by atoms with van der Waals surface area (Å²) in [6, 6.07) is 6.31. The van der Waals surface area contributed by atoms with E-state index in [2.05, 4.69) is 23.6 Å². The molecule has 1 N–H and O–H groups in total. The lowest BCUT2D eigenvalue weighted by Gasteiger charge is -2.14. The lowest BCUT2D eigenvalue weighted by Crippen LogP contribution is -2.11. The number of carboxylic acids is 1. The molecule has 1 aliphatic carbocycles. The number of benzene rings is 1. The monoisotopic (exact) mass is 373 g/mol. The number of carboxylic acid groups (broad SMARTS) is 1. The third-order valence-corrected chi connectivity index (χ3v) is 5.69. The fraction of sp³-hybridized carbons (Fsp3) is 0.591. The maximum Gasteiger partial charge on any atom is 0.341 e. The van der Waals surface area contributed by atoms with Gasteiger partial charge in [0.15, 0.2) is 6.61 Å². The number of nitrogens with zero attached hydrogens (tertiary/aromatic N) is 1. The van der Waals surface area contributed by atoms with Crippen molar-refractivity contribution in [3.05, 3.63) is 29.5 Å². The van der Waals surface area contributed by atoms with E-state index in [1.54, 1.807) is 7.11 Å². The van der Waals surface area contributed by atoms with Crippen LogP contribution in [0.15, 0.2) is 18.2 Å². The molecule has 0 spiro atoms. The summed E-state index contributed by atoms with van der Waals surface area (Å²) in [5.74, 6) is 0.631. The molecule has 5 nitrogen and oxygen atoms in total. The van der Waals surface area contributed by atoms with E-state index in [0.29, 0.717) is 12.4 Å². The fourth-order valence-electron chi connectivity index (χ4n) is 4.30. The molecule has 0 radical (unpaired) electrons. The van der Waals surface area contributed by atoms with Crippen LogP contribution in [-0.4, -0.2) is 36.0 Å². The van der Waals surface area contributed by atoms with E-state index in [1.807, 2.05) is 6.07 Å². The quantitative estimate of drug-likeness (QED) is 0.662. The van der Waals surface area contributed by atoms with Crippen molar-refractivity contribution in [1.29, 1.82) is 0 Å². The molecule has 1 aliphatic rings. The largest absolute Gasteiger partial charge is 0.482 e. The summed E-state index contributed by atoms with van der Waals surface area (Å²) in [6.07, 6.45) is 8.76. The second-order valence-corrected chi connectivity index (χ2v) is 7.67. The van der Waals surface area contributed by atoms with Gasteiger partial charge in [-0.15, -0.1) is 0 Å². The number of ether oxygens (including phenoxy) is 2. The number of aliphatic carboxylic acids is 1. The van der Waals surface area contributed by atoms with Crippen molar-refractivity contribution in [2.24, 2.45) is 5.92 Å². The first kappa shape index (κ1) is 19.7. The number of aryl methyl sites for hydroxylation is 2. The number of carbonyl (C=O) groups is 1. The van der Waals surface area contributed by atoms with Crippen LogP contribution in [0.4, 0.5) is 0 Å². The van der Waals surface area contributed by atoms with E-state index in [1.165, 1.54) is 43.3 Å². The molecule has 0 unspecified atom stereocenters. The van der Waals surface area contributed by atoms with Gasteiger partial charge in [0, 0.05) is 30.3 Å². The zero-order valence-electron chi connectivity index (χ0n) is 16.5. The number of hydrogen-bond donors (Lipinski definition) is 1. The van der Waals surface area contributed by atoms with Crippen molar-refractivity contribution in [2.45, 2.75) is 58.4 Å². The van der Waals surface area contributed by atoms with Crippen molar-refractivity contribution in [2.75, 3.05) is 20.3 Å². The number of hydrogen-bond acceptors (Lipinski definition) is 3. The second kappa shape index (κ2) is 9.27. The highest BCUT2D eigenvalue weighted by Crippen LogP contribution is 2.32. The lowest BCUT2D eigenvalue weighted by atomic mass is 9.97. The number of fused-ring (bicyclic) bond motifs is 1. The van der Waals surface area contributed by atoms with Crippen LogP contribution >= 0.6 is 0 Å². The summed E-state index contributed by atoms with van der Waals surface area (Å²) in [6.45, 7) is 3.26. The summed E-state index contributed by atoms with van der Waals surface area (Å²) in [7, 11) is 1.72. The van der Waals surface area contributed by atoms with Crippen molar-refractivity contribution in [3.63, 3.8) is 0 Å². The highest BCUT2D eigenvalue weighted by molar-refractivity contribution is 5.84. The highest BCUT2D eigenvalue weighted by Gasteiger charge is 2.16. The fourth-order valence-corrected chi connectivity index (χ4v) is 4.30. The Morgan fingerprint density at radius 2 is 2.04 bits per heavy atom. The minimum Gasteiger partial charge on any atom is -0.482 e. The van der Waals surface area contributed by atoms with E-state index in [0.717, 1.165) is 36.3 Å². The van der Waals surface area contributed by atoms with E-state index in [4.69, 9.17) is 14.6 Å². The molecule has 5 heteroatoms. The van der Waals surface area contributed by atoms with E-state index in [-0.39, 0.29) is 6.61 Å². The predicted molar refractivity (Wildman–Crippen MR) is 107 cm³/mol. The van der Waals surface area contributed by atoms with Gasteiger partial charge >= 0.3 is 5.97 Å². The van der Waals surface area contributed by atoms with Crippen LogP contribution in [0, 0.1) is 12.8 Å². The van der Waals surface area contributed by atoms with Gasteiger partial charge in [-0.25, -0.2) is 4.79 Å². The SMILES string of the molecule is COCCn1c(C)cc2cc(OCC(=O)O)c(CCCC3CCCC3)cc21. The Bertz CT molecular complexity index is 774. The third kappa shape index (κ3) is 5.04. The van der Waals surface area contributed by atoms with Crippen LogP contribution in [0.3, 0.4) is 0 Å². The number of methoxy groups -OCH3 is 1. The molecule has 27 heavy (non-hydrogen) atoms. The molecule has 1 fully saturated rings. The maximum atomic E-state index is 11.0. The first-order chi connectivity index (χ1) is 13.1. The Morgan fingerprint density at radius 3 is 2.74 bits per heavy atom. The molecule has 148 valence electrons. The van der Waals surface area contributed by atoms with Gasteiger partial charge in [0.2, 0.25) is 0 Å². The Labute approximate surface area is 161 Å². The predicted octanol–water partition coefficient (Wildman–Crippen LogP) is 4.57. The van der Waals surface area contributed by atoms with E-state index in [9.17, 15) is 4.79 Å². The Hall–Kier alpha value is -2.01. The minimum atomic E-state index is -0.944. The molecule has 0 bridgehead atoms. The minimum absolute atomic E-state index is 0.301. The molecule has 3 rings (SSSR count). The van der Waals surface area contributed by atoms with Gasteiger partial charge in [0.05, 0.1) is 6.61 Å². The molecular weight excluding hydrogens is 342 g/mol. The zero-order valence-corrected chi connectivity index (χ0v) is 16.5. The first-order valence-electron chi connectivity index (χ1n) is 10.0. The maximum absolute atomic E-state index is 11.0. The van der Waals surface area contributed by atoms with Crippen LogP contribution < -0.4 is 4.74 Å². The summed E-state index contributed by atoms with van der Waals surface area (Å²) >= 11 is 0. The molecule has 0 saturated heterocycles. The molecule has 1 aromatic carbocycles. The summed E-state index contributed by atoms with van der Waals surface area (Å²) in [5, 5.41) is 10.1. The molecule has 0 amide bonds. The Balaban J connectivity index is 1.83. The van der Waals surface area contributed by atoms with Gasteiger partial charge in [-0.1, -0.05) is 32.1 Å². The standard InChI is InChI=1S/C22H31NO4/c1-16-12-19-14-21(27-15-22(24)25)18(9-5-8-17-6-3-4-7-17)13-20(19)23(16)10-11-26-2/h12-14,17H,3-11,15H2,1-2H3,(H,24,25). The number of aromatic nitrogens is 1. The van der Waals surface area contributed by atoms with Gasteiger partial charge in [-0.3, -0.25) is 0 Å². The third-order valence-electron chi connectivity index (χ3n) is 5.69. The van der Waals surface area contributed by atoms with Gasteiger partial charge in [-0.05, 0) is 49.4 Å². The molecule has 0 atom stereocenters. The van der Waals surface area contributed by atoms with Crippen molar-refractivity contribution in [1.82, 2.24) is 4.57 Å². The summed E-state index contributed by atoms with van der Waals surface area (Å²) in [4.78, 5) is 11.0. The average molecular weight is 373 g/mol. The Kier molecular flexibility index (Phi) is 6.78. The normalized spacial score (nSPS) is 14.9. The van der Waals surface area contributed by atoms with E-state index >= 15 is 0 Å². The molecule has 2 aromatic rings. The van der Waals surface area contributed by atoms with Gasteiger partial charge in [0.25, 0.3) is 0 Å². The van der Waals surface area contributed by atoms with Gasteiger partial charge < -0.3 is 19.1 Å².